The number of carboxylic acid groups (broad SMARTS) is 2. The lowest BCUT2D eigenvalue weighted by Gasteiger charge is -2.12. The van der Waals surface area contributed by atoms with Crippen molar-refractivity contribution >= 4 is 52.2 Å². The monoisotopic (exact) mass is 641 g/mol. The molecule has 8 nitrogen and oxygen atoms in total. The third-order valence-corrected chi connectivity index (χ3v) is 7.80. The van der Waals surface area contributed by atoms with Crippen LogP contribution in [-0.2, 0) is 17.3 Å². The number of hydrogen-bond acceptors (Lipinski definition) is 6. The fraction of sp³-hybridized carbons (Fsp3) is 0.0667. The van der Waals surface area contributed by atoms with Gasteiger partial charge in [0.15, 0.2) is 0 Å². The van der Waals surface area contributed by atoms with Crippen molar-refractivity contribution in [1.29, 1.82) is 0 Å². The molecule has 13 heteroatoms. The number of carboxylic acids is 2. The van der Waals surface area contributed by atoms with Crippen molar-refractivity contribution in [2.45, 2.75) is 12.5 Å². The number of halogens is 4. The molecule has 0 radical (unpaired) electrons. The molecule has 43 heavy (non-hydrogen) atoms. The van der Waals surface area contributed by atoms with Gasteiger partial charge in [0.05, 0.1) is 27.8 Å². The molecule has 0 saturated heterocycles. The van der Waals surface area contributed by atoms with Gasteiger partial charge in [-0.05, 0) is 54.1 Å². The van der Waals surface area contributed by atoms with Gasteiger partial charge < -0.3 is 14.9 Å². The lowest BCUT2D eigenvalue weighted by Crippen LogP contribution is -2.25. The molecule has 5 aromatic rings. The van der Waals surface area contributed by atoms with E-state index in [9.17, 15) is 23.5 Å². The molecule has 1 aromatic heterocycles. The Hall–Kier alpha value is -4.58. The first-order chi connectivity index (χ1) is 20.5. The van der Waals surface area contributed by atoms with Crippen LogP contribution < -0.4 is 9.54 Å². The summed E-state index contributed by atoms with van der Waals surface area (Å²) in [6, 6.07) is 22.9. The van der Waals surface area contributed by atoms with Crippen LogP contribution in [0.15, 0.2) is 96.0 Å². The molecule has 0 bridgehead atoms. The maximum atomic E-state index is 13.9. The number of aromatic nitrogens is 2. The molecular weight excluding hydrogens is 623 g/mol. The molecule has 0 spiro atoms. The van der Waals surface area contributed by atoms with Crippen LogP contribution in [0, 0.1) is 0 Å². The first-order valence-electron chi connectivity index (χ1n) is 12.4. The lowest BCUT2D eigenvalue weighted by molar-refractivity contribution is -0.166. The molecule has 1 heterocycles. The molecule has 0 aliphatic carbocycles. The van der Waals surface area contributed by atoms with Gasteiger partial charge in [0, 0.05) is 11.1 Å². The van der Waals surface area contributed by atoms with Gasteiger partial charge in [0.2, 0.25) is 4.80 Å². The fourth-order valence-electron chi connectivity index (χ4n) is 3.91. The van der Waals surface area contributed by atoms with Crippen LogP contribution in [0.3, 0.4) is 0 Å². The second-order valence-corrected chi connectivity index (χ2v) is 10.9. The molecule has 0 saturated carbocycles. The number of nitrogens with zero attached hydrogens (tertiary/aromatic N) is 3. The highest BCUT2D eigenvalue weighted by atomic mass is 35.5. The van der Waals surface area contributed by atoms with Crippen LogP contribution in [-0.4, -0.2) is 31.9 Å². The van der Waals surface area contributed by atoms with Gasteiger partial charge in [-0.1, -0.05) is 77.0 Å². The molecule has 0 amide bonds. The molecule has 0 atom stereocenters. The summed E-state index contributed by atoms with van der Waals surface area (Å²) < 4.78 is 35.3. The summed E-state index contributed by atoms with van der Waals surface area (Å²) in [5.74, 6) is -6.54. The van der Waals surface area contributed by atoms with Crippen molar-refractivity contribution in [2.24, 2.45) is 4.99 Å². The number of rotatable bonds is 9. The van der Waals surface area contributed by atoms with E-state index in [0.717, 1.165) is 12.1 Å². The van der Waals surface area contributed by atoms with Crippen molar-refractivity contribution in [1.82, 2.24) is 9.78 Å². The van der Waals surface area contributed by atoms with Gasteiger partial charge in [-0.2, -0.15) is 13.9 Å². The Morgan fingerprint density at radius 3 is 2.28 bits per heavy atom. The smallest absolute Gasteiger partial charge is 0.379 e. The third kappa shape index (κ3) is 6.91. The van der Waals surface area contributed by atoms with Crippen LogP contribution in [0.4, 0.5) is 14.5 Å². The molecular formula is C30H19Cl2F2N3O5S. The maximum absolute atomic E-state index is 13.9. The third-order valence-electron chi connectivity index (χ3n) is 6.06. The normalized spacial score (nSPS) is 11.9. The van der Waals surface area contributed by atoms with E-state index in [2.05, 4.69) is 4.99 Å². The number of aliphatic carboxylic acids is 1. The molecule has 0 unspecified atom stereocenters. The fourth-order valence-corrected chi connectivity index (χ4v) is 5.13. The SMILES string of the molecule is O=C(O)c1cccc(Oc2cccc(-c3nn(Cc4ccc(C(F)(F)C(=O)O)cc4)/c(=N\c4ccc(Cl)c(Cl)c4)s3)c2)c1. The van der Waals surface area contributed by atoms with Gasteiger partial charge in [0.1, 0.15) is 16.5 Å². The summed E-state index contributed by atoms with van der Waals surface area (Å²) in [6.07, 6.45) is 0. The quantitative estimate of drug-likeness (QED) is 0.169. The highest BCUT2D eigenvalue weighted by molar-refractivity contribution is 7.12. The van der Waals surface area contributed by atoms with E-state index in [1.54, 1.807) is 53.2 Å². The van der Waals surface area contributed by atoms with Gasteiger partial charge in [-0.15, -0.1) is 0 Å². The van der Waals surface area contributed by atoms with Crippen LogP contribution >= 0.6 is 34.5 Å². The van der Waals surface area contributed by atoms with E-state index in [1.807, 2.05) is 6.07 Å². The van der Waals surface area contributed by atoms with Crippen molar-refractivity contribution in [3.05, 3.63) is 123 Å². The number of benzene rings is 4. The van der Waals surface area contributed by atoms with Crippen molar-refractivity contribution in [3.63, 3.8) is 0 Å². The van der Waals surface area contributed by atoms with Crippen LogP contribution in [0.2, 0.25) is 10.0 Å². The summed E-state index contributed by atoms with van der Waals surface area (Å²) in [5.41, 5.74) is 1.21. The average molecular weight is 642 g/mol. The Labute approximate surface area is 256 Å². The zero-order valence-electron chi connectivity index (χ0n) is 21.7. The van der Waals surface area contributed by atoms with Crippen LogP contribution in [0.1, 0.15) is 21.5 Å². The van der Waals surface area contributed by atoms with E-state index in [-0.39, 0.29) is 12.1 Å². The lowest BCUT2D eigenvalue weighted by atomic mass is 10.1. The standard InChI is InChI=1S/C30H19Cl2F2N3O5S/c31-24-12-11-21(15-25(24)32)35-29-37(16-17-7-9-20(10-8-17)30(33,34)28(40)41)36-26(43-29)18-3-1-5-22(13-18)42-23-6-2-4-19(14-23)27(38)39/h1-15H,16H2,(H,38,39)(H,40,41)/b35-29+. The van der Waals surface area contributed by atoms with Gasteiger partial charge in [0.25, 0.3) is 0 Å². The zero-order chi connectivity index (χ0) is 30.7. The highest BCUT2D eigenvalue weighted by Crippen LogP contribution is 2.31. The highest BCUT2D eigenvalue weighted by Gasteiger charge is 2.40. The summed E-state index contributed by atoms with van der Waals surface area (Å²) >= 11 is 13.5. The Kier molecular flexibility index (Phi) is 8.58. The van der Waals surface area contributed by atoms with Crippen molar-refractivity contribution in [3.8, 4) is 22.1 Å². The second kappa shape index (κ2) is 12.3. The predicted octanol–water partition coefficient (Wildman–Crippen LogP) is 7.87. The summed E-state index contributed by atoms with van der Waals surface area (Å²) in [5, 5.41) is 24.0. The predicted molar refractivity (Wildman–Crippen MR) is 158 cm³/mol. The molecule has 0 aliphatic rings. The van der Waals surface area contributed by atoms with E-state index in [4.69, 9.17) is 38.1 Å². The molecule has 0 aliphatic heterocycles. The number of carbonyl (C=O) groups is 2. The van der Waals surface area contributed by atoms with E-state index < -0.39 is 23.4 Å². The topological polar surface area (TPSA) is 114 Å². The van der Waals surface area contributed by atoms with E-state index in [1.165, 1.54) is 35.6 Å². The maximum Gasteiger partial charge on any atom is 0.379 e. The molecule has 4 aromatic carbocycles. The Morgan fingerprint density at radius 1 is 0.907 bits per heavy atom. The number of alkyl halides is 2. The summed E-state index contributed by atoms with van der Waals surface area (Å²) in [4.78, 5) is 27.4. The molecule has 218 valence electrons. The van der Waals surface area contributed by atoms with Gasteiger partial charge in [-0.25, -0.2) is 19.3 Å². The van der Waals surface area contributed by atoms with Crippen LogP contribution in [0.5, 0.6) is 11.5 Å². The first kappa shape index (κ1) is 29.9. The minimum Gasteiger partial charge on any atom is -0.478 e. The Balaban J connectivity index is 1.51. The van der Waals surface area contributed by atoms with E-state index in [0.29, 0.717) is 48.2 Å². The van der Waals surface area contributed by atoms with Crippen molar-refractivity contribution in [2.75, 3.05) is 0 Å². The minimum absolute atomic E-state index is 0.0860. The summed E-state index contributed by atoms with van der Waals surface area (Å²) in [7, 11) is 0. The van der Waals surface area contributed by atoms with Crippen molar-refractivity contribution < 1.29 is 33.3 Å². The number of ether oxygens (including phenoxy) is 1. The Bertz CT molecular complexity index is 1910. The molecule has 5 rings (SSSR count). The zero-order valence-corrected chi connectivity index (χ0v) is 24.1. The first-order valence-corrected chi connectivity index (χ1v) is 14.0. The molecule has 0 fully saturated rings. The average Bonchev–Trinajstić information content (AvgIpc) is 3.37. The largest absolute Gasteiger partial charge is 0.478 e. The van der Waals surface area contributed by atoms with Gasteiger partial charge >= 0.3 is 17.9 Å². The van der Waals surface area contributed by atoms with Crippen LogP contribution in [0.25, 0.3) is 10.6 Å². The van der Waals surface area contributed by atoms with E-state index >= 15 is 0 Å². The second-order valence-electron chi connectivity index (χ2n) is 9.10. The Morgan fingerprint density at radius 2 is 1.60 bits per heavy atom. The number of hydrogen-bond donors (Lipinski definition) is 2. The minimum atomic E-state index is -4.02. The van der Waals surface area contributed by atoms with Gasteiger partial charge in [-0.3, -0.25) is 0 Å². The molecule has 2 N–H and O–H groups in total. The summed E-state index contributed by atoms with van der Waals surface area (Å²) in [6.45, 7) is 0.133. The number of aromatic carboxylic acids is 1.